The van der Waals surface area contributed by atoms with Crippen molar-refractivity contribution in [3.63, 3.8) is 0 Å². The lowest BCUT2D eigenvalue weighted by atomic mass is 9.75. The molecule has 0 unspecified atom stereocenters. The Morgan fingerprint density at radius 2 is 0.688 bits per heavy atom. The zero-order chi connectivity index (χ0) is 24.9. The van der Waals surface area contributed by atoms with Crippen LogP contribution in [0.3, 0.4) is 0 Å². The molecule has 0 radical (unpaired) electrons. The normalized spacial score (nSPS) is 13.9. The molecule has 194 valence electrons. The Balaban J connectivity index is 4.42. The highest BCUT2D eigenvalue weighted by Crippen LogP contribution is 2.40. The topological polar surface area (TPSA) is 3.24 Å². The van der Waals surface area contributed by atoms with Crippen molar-refractivity contribution in [2.75, 3.05) is 6.54 Å². The molecule has 1 heteroatoms. The summed E-state index contributed by atoms with van der Waals surface area (Å²) < 4.78 is 0. The van der Waals surface area contributed by atoms with Crippen molar-refractivity contribution >= 4 is 0 Å². The first-order valence-corrected chi connectivity index (χ1v) is 14.4. The highest BCUT2D eigenvalue weighted by Gasteiger charge is 2.41. The van der Waals surface area contributed by atoms with Crippen LogP contribution in [0.5, 0.6) is 0 Å². The fourth-order valence-electron chi connectivity index (χ4n) is 6.50. The van der Waals surface area contributed by atoms with Gasteiger partial charge in [-0.25, -0.2) is 0 Å². The Morgan fingerprint density at radius 3 is 0.969 bits per heavy atom. The summed E-state index contributed by atoms with van der Waals surface area (Å²) >= 11 is 0. The van der Waals surface area contributed by atoms with Gasteiger partial charge >= 0.3 is 0 Å². The van der Waals surface area contributed by atoms with E-state index in [1.165, 1.54) is 103 Å². The molecule has 0 atom stereocenters. The molecule has 0 saturated carbocycles. The summed E-state index contributed by atoms with van der Waals surface area (Å²) in [5.41, 5.74) is 1.17. The first-order valence-electron chi connectivity index (χ1n) is 14.4. The van der Waals surface area contributed by atoms with Crippen LogP contribution in [-0.2, 0) is 0 Å². The van der Waals surface area contributed by atoms with Gasteiger partial charge in [-0.3, -0.25) is 4.90 Å². The van der Waals surface area contributed by atoms with Gasteiger partial charge in [0, 0.05) is 11.1 Å². The molecule has 0 N–H and O–H groups in total. The summed E-state index contributed by atoms with van der Waals surface area (Å²) in [4.78, 5) is 2.87. The Bertz CT molecular complexity index is 418. The molecule has 0 saturated heterocycles. The lowest BCUT2D eigenvalue weighted by Gasteiger charge is -2.52. The van der Waals surface area contributed by atoms with Crippen LogP contribution >= 0.6 is 0 Å². The second-order valence-corrected chi connectivity index (χ2v) is 14.5. The van der Waals surface area contributed by atoms with E-state index < -0.39 is 0 Å². The van der Waals surface area contributed by atoms with E-state index in [1.807, 2.05) is 0 Å². The average molecular weight is 452 g/mol. The van der Waals surface area contributed by atoms with E-state index in [2.05, 4.69) is 81.1 Å². The van der Waals surface area contributed by atoms with E-state index in [1.54, 1.807) is 0 Å². The van der Waals surface area contributed by atoms with Gasteiger partial charge in [-0.05, 0) is 64.3 Å². The van der Waals surface area contributed by atoms with Gasteiger partial charge in [-0.1, -0.05) is 126 Å². The lowest BCUT2D eigenvalue weighted by molar-refractivity contribution is -0.0266. The molecule has 0 bridgehead atoms. The van der Waals surface area contributed by atoms with Crippen molar-refractivity contribution in [2.24, 2.45) is 10.8 Å². The smallest absolute Gasteiger partial charge is 0.0163 e. The summed E-state index contributed by atoms with van der Waals surface area (Å²) in [6.07, 6.45) is 21.1. The van der Waals surface area contributed by atoms with Crippen LogP contribution in [0.15, 0.2) is 0 Å². The highest BCUT2D eigenvalue weighted by atomic mass is 15.2. The van der Waals surface area contributed by atoms with E-state index in [9.17, 15) is 0 Å². The molecule has 32 heavy (non-hydrogen) atoms. The molecule has 0 fully saturated rings. The maximum absolute atomic E-state index is 2.87. The predicted octanol–water partition coefficient (Wildman–Crippen LogP) is 10.8. The van der Waals surface area contributed by atoms with E-state index in [4.69, 9.17) is 0 Å². The Kier molecular flexibility index (Phi) is 15.0. The molecule has 0 heterocycles. The highest BCUT2D eigenvalue weighted by molar-refractivity contribution is 4.96. The number of unbranched alkanes of at least 4 members (excludes halogenated alkanes) is 12. The van der Waals surface area contributed by atoms with Crippen LogP contribution in [0.1, 0.15) is 172 Å². The van der Waals surface area contributed by atoms with Crippen molar-refractivity contribution in [2.45, 2.75) is 184 Å². The molecular formula is C31H65N. The lowest BCUT2D eigenvalue weighted by Crippen LogP contribution is -2.58. The Labute approximate surface area is 205 Å². The van der Waals surface area contributed by atoms with Crippen molar-refractivity contribution < 1.29 is 0 Å². The number of rotatable bonds is 18. The zero-order valence-corrected chi connectivity index (χ0v) is 24.8. The summed E-state index contributed by atoms with van der Waals surface area (Å²) in [5.74, 6) is 0. The molecule has 0 aliphatic carbocycles. The molecule has 0 spiro atoms. The third kappa shape index (κ3) is 16.6. The van der Waals surface area contributed by atoms with E-state index in [0.717, 1.165) is 0 Å². The van der Waals surface area contributed by atoms with E-state index in [0.29, 0.717) is 10.8 Å². The molecule has 1 nitrogen and oxygen atoms in total. The maximum atomic E-state index is 2.87. The predicted molar refractivity (Wildman–Crippen MR) is 149 cm³/mol. The van der Waals surface area contributed by atoms with Crippen molar-refractivity contribution in [3.8, 4) is 0 Å². The van der Waals surface area contributed by atoms with Gasteiger partial charge in [0.05, 0.1) is 0 Å². The van der Waals surface area contributed by atoms with Gasteiger partial charge < -0.3 is 0 Å². The first kappa shape index (κ1) is 32.0. The molecule has 0 aromatic rings. The average Bonchev–Trinajstić information content (AvgIpc) is 2.57. The number of hydrogen-bond donors (Lipinski definition) is 0. The summed E-state index contributed by atoms with van der Waals surface area (Å²) in [6.45, 7) is 27.9. The minimum Gasteiger partial charge on any atom is -0.293 e. The van der Waals surface area contributed by atoms with Gasteiger partial charge in [0.15, 0.2) is 0 Å². The monoisotopic (exact) mass is 452 g/mol. The number of hydrogen-bond acceptors (Lipinski definition) is 1. The fraction of sp³-hybridized carbons (Fsp3) is 1.00. The van der Waals surface area contributed by atoms with Crippen LogP contribution in [0.4, 0.5) is 0 Å². The summed E-state index contributed by atoms with van der Waals surface area (Å²) in [7, 11) is 0. The van der Waals surface area contributed by atoms with Crippen LogP contribution in [0, 0.1) is 10.8 Å². The third-order valence-electron chi connectivity index (χ3n) is 6.87. The molecule has 0 aliphatic rings. The van der Waals surface area contributed by atoms with Crippen LogP contribution in [-0.4, -0.2) is 22.5 Å². The second-order valence-electron chi connectivity index (χ2n) is 14.5. The van der Waals surface area contributed by atoms with Gasteiger partial charge in [0.1, 0.15) is 0 Å². The maximum Gasteiger partial charge on any atom is 0.0163 e. The van der Waals surface area contributed by atoms with Gasteiger partial charge in [-0.2, -0.15) is 0 Å². The Hall–Kier alpha value is -0.0400. The van der Waals surface area contributed by atoms with Crippen LogP contribution < -0.4 is 0 Å². The largest absolute Gasteiger partial charge is 0.293 e. The van der Waals surface area contributed by atoms with Crippen molar-refractivity contribution in [1.29, 1.82) is 0 Å². The fourth-order valence-corrected chi connectivity index (χ4v) is 6.50. The summed E-state index contributed by atoms with van der Waals surface area (Å²) in [5, 5.41) is 0. The van der Waals surface area contributed by atoms with Crippen LogP contribution in [0.2, 0.25) is 0 Å². The van der Waals surface area contributed by atoms with Gasteiger partial charge in [-0.15, -0.1) is 0 Å². The molecular weight excluding hydrogens is 386 g/mol. The summed E-state index contributed by atoms with van der Waals surface area (Å²) in [6, 6.07) is 0. The van der Waals surface area contributed by atoms with Crippen LogP contribution in [0.25, 0.3) is 0 Å². The van der Waals surface area contributed by atoms with Crippen molar-refractivity contribution in [1.82, 2.24) is 4.90 Å². The van der Waals surface area contributed by atoms with Crippen molar-refractivity contribution in [3.05, 3.63) is 0 Å². The van der Waals surface area contributed by atoms with Gasteiger partial charge in [0.2, 0.25) is 0 Å². The minimum absolute atomic E-state index is 0.226. The minimum atomic E-state index is 0.226. The second kappa shape index (κ2) is 15.1. The molecule has 0 aromatic carbocycles. The first-order chi connectivity index (χ1) is 14.6. The third-order valence-corrected chi connectivity index (χ3v) is 6.87. The standard InChI is InChI=1S/C31H65N/c1-12-13-14-15-16-17-18-19-20-21-22-23-24-25-32(30(8,9)26-28(2,3)4)31(10,11)27-29(5,6)7/h12-27H2,1-11H3. The number of nitrogens with zero attached hydrogens (tertiary/aromatic N) is 1. The SMILES string of the molecule is CCCCCCCCCCCCCCCN(C(C)(C)CC(C)(C)C)C(C)(C)CC(C)(C)C. The molecule has 0 rings (SSSR count). The van der Waals surface area contributed by atoms with E-state index in [-0.39, 0.29) is 11.1 Å². The van der Waals surface area contributed by atoms with E-state index >= 15 is 0 Å². The molecule has 0 aliphatic heterocycles. The Morgan fingerprint density at radius 1 is 0.406 bits per heavy atom. The van der Waals surface area contributed by atoms with Gasteiger partial charge in [0.25, 0.3) is 0 Å². The zero-order valence-electron chi connectivity index (χ0n) is 24.8. The molecule has 0 amide bonds. The molecule has 0 aromatic heterocycles. The quantitative estimate of drug-likeness (QED) is 0.187.